The van der Waals surface area contributed by atoms with Crippen LogP contribution < -0.4 is 10.2 Å². The Bertz CT molecular complexity index is 482. The maximum atomic E-state index is 11.3. The summed E-state index contributed by atoms with van der Waals surface area (Å²) in [5.74, 6) is 0.180. The Morgan fingerprint density at radius 2 is 2.00 bits per heavy atom. The Hall–Kier alpha value is -1.23. The fourth-order valence-corrected chi connectivity index (χ4v) is 2.93. The van der Waals surface area contributed by atoms with Crippen molar-refractivity contribution < 1.29 is 4.79 Å². The molecule has 0 atom stereocenters. The number of amides is 1. The van der Waals surface area contributed by atoms with Crippen LogP contribution in [0.1, 0.15) is 19.8 Å². The smallest absolute Gasteiger partial charge is 0.219 e. The molecule has 0 bridgehead atoms. The summed E-state index contributed by atoms with van der Waals surface area (Å²) in [6.07, 6.45) is 2.00. The lowest BCUT2D eigenvalue weighted by Gasteiger charge is -2.33. The molecule has 4 nitrogen and oxygen atoms in total. The van der Waals surface area contributed by atoms with Gasteiger partial charge in [-0.05, 0) is 31.0 Å². The van der Waals surface area contributed by atoms with Crippen LogP contribution in [-0.2, 0) is 4.79 Å². The minimum absolute atomic E-state index is 0.180. The maximum Gasteiger partial charge on any atom is 0.219 e. The van der Waals surface area contributed by atoms with Gasteiger partial charge in [-0.3, -0.25) is 4.79 Å². The summed E-state index contributed by atoms with van der Waals surface area (Å²) in [5.41, 5.74) is 2.33. The number of nitrogens with one attached hydrogen (secondary N) is 1. The monoisotopic (exact) mass is 339 g/mol. The summed E-state index contributed by atoms with van der Waals surface area (Å²) in [6.45, 7) is 3.34. The van der Waals surface area contributed by atoms with E-state index in [0.29, 0.717) is 6.04 Å². The summed E-state index contributed by atoms with van der Waals surface area (Å²) < 4.78 is 1.08. The summed E-state index contributed by atoms with van der Waals surface area (Å²) in [7, 11) is 4.10. The van der Waals surface area contributed by atoms with Crippen molar-refractivity contribution in [1.82, 2.24) is 4.90 Å². The summed E-state index contributed by atoms with van der Waals surface area (Å²) in [4.78, 5) is 15.4. The number of piperidine rings is 1. The first-order valence-corrected chi connectivity index (χ1v) is 7.75. The molecule has 0 aliphatic carbocycles. The van der Waals surface area contributed by atoms with Crippen molar-refractivity contribution in [2.24, 2.45) is 0 Å². The molecular formula is C15H22BrN3O. The molecule has 5 heteroatoms. The Morgan fingerprint density at radius 3 is 2.55 bits per heavy atom. The van der Waals surface area contributed by atoms with Gasteiger partial charge in [0.05, 0.1) is 11.4 Å². The molecule has 1 N–H and O–H groups in total. The van der Waals surface area contributed by atoms with E-state index in [9.17, 15) is 4.79 Å². The Morgan fingerprint density at radius 1 is 1.35 bits per heavy atom. The lowest BCUT2D eigenvalue weighted by molar-refractivity contribution is -0.129. The third kappa shape index (κ3) is 3.66. The van der Waals surface area contributed by atoms with Gasteiger partial charge < -0.3 is 15.1 Å². The topological polar surface area (TPSA) is 35.6 Å². The molecule has 0 aromatic heterocycles. The van der Waals surface area contributed by atoms with Crippen molar-refractivity contribution in [2.75, 3.05) is 37.4 Å². The first-order chi connectivity index (χ1) is 9.47. The molecule has 0 saturated carbocycles. The van der Waals surface area contributed by atoms with Crippen LogP contribution in [0.4, 0.5) is 11.4 Å². The number of halogens is 1. The number of likely N-dealkylation sites (tertiary alicyclic amines) is 1. The predicted octanol–water partition coefficient (Wildman–Crippen LogP) is 2.94. The van der Waals surface area contributed by atoms with Crippen LogP contribution in [0.15, 0.2) is 22.7 Å². The lowest BCUT2D eigenvalue weighted by Crippen LogP contribution is -2.41. The van der Waals surface area contributed by atoms with Gasteiger partial charge in [0.1, 0.15) is 0 Å². The highest BCUT2D eigenvalue weighted by Gasteiger charge is 2.21. The van der Waals surface area contributed by atoms with Crippen molar-refractivity contribution in [2.45, 2.75) is 25.8 Å². The van der Waals surface area contributed by atoms with Crippen LogP contribution in [0.25, 0.3) is 0 Å². The van der Waals surface area contributed by atoms with Crippen LogP contribution in [-0.4, -0.2) is 44.0 Å². The molecule has 1 aliphatic rings. The molecule has 1 aliphatic heterocycles. The number of carbonyl (C=O) groups is 1. The summed E-state index contributed by atoms with van der Waals surface area (Å²) in [5, 5.41) is 3.62. The zero-order valence-electron chi connectivity index (χ0n) is 12.3. The quantitative estimate of drug-likeness (QED) is 0.919. The van der Waals surface area contributed by atoms with Crippen molar-refractivity contribution in [3.63, 3.8) is 0 Å². The average molecular weight is 340 g/mol. The maximum absolute atomic E-state index is 11.3. The minimum Gasteiger partial charge on any atom is -0.380 e. The third-order valence-electron chi connectivity index (χ3n) is 3.74. The number of carbonyl (C=O) groups excluding carboxylic acids is 1. The molecule has 0 radical (unpaired) electrons. The molecule has 20 heavy (non-hydrogen) atoms. The van der Waals surface area contributed by atoms with E-state index in [1.807, 2.05) is 19.0 Å². The highest BCUT2D eigenvalue weighted by atomic mass is 79.9. The van der Waals surface area contributed by atoms with Gasteiger partial charge in [-0.15, -0.1) is 0 Å². The Balaban J connectivity index is 2.04. The minimum atomic E-state index is 0.180. The van der Waals surface area contributed by atoms with E-state index in [1.54, 1.807) is 6.92 Å². The summed E-state index contributed by atoms with van der Waals surface area (Å²) in [6, 6.07) is 6.71. The van der Waals surface area contributed by atoms with Crippen LogP contribution in [0.2, 0.25) is 0 Å². The average Bonchev–Trinajstić information content (AvgIpc) is 2.39. The Labute approximate surface area is 129 Å². The predicted molar refractivity (Wildman–Crippen MR) is 87.4 cm³/mol. The van der Waals surface area contributed by atoms with Gasteiger partial charge in [0.25, 0.3) is 0 Å². The Kier molecular flexibility index (Phi) is 4.91. The van der Waals surface area contributed by atoms with Crippen molar-refractivity contribution in [1.29, 1.82) is 0 Å². The molecule has 1 fully saturated rings. The van der Waals surface area contributed by atoms with E-state index < -0.39 is 0 Å². The largest absolute Gasteiger partial charge is 0.380 e. The van der Waals surface area contributed by atoms with Gasteiger partial charge in [0, 0.05) is 44.6 Å². The number of rotatable bonds is 3. The highest BCUT2D eigenvalue weighted by molar-refractivity contribution is 9.10. The van der Waals surface area contributed by atoms with Crippen LogP contribution >= 0.6 is 15.9 Å². The molecule has 0 unspecified atom stereocenters. The molecule has 1 amide bonds. The van der Waals surface area contributed by atoms with E-state index >= 15 is 0 Å². The van der Waals surface area contributed by atoms with E-state index in [4.69, 9.17) is 0 Å². The van der Waals surface area contributed by atoms with Crippen molar-refractivity contribution in [3.05, 3.63) is 22.7 Å². The van der Waals surface area contributed by atoms with Crippen LogP contribution in [0.5, 0.6) is 0 Å². The fourth-order valence-electron chi connectivity index (χ4n) is 2.57. The molecule has 1 aromatic rings. The zero-order valence-corrected chi connectivity index (χ0v) is 13.9. The first-order valence-electron chi connectivity index (χ1n) is 6.96. The molecule has 1 saturated heterocycles. The normalized spacial score (nSPS) is 16.1. The SMILES string of the molecule is CC(=O)N1CCC(Nc2cc(Br)ccc2N(C)C)CC1. The number of hydrogen-bond donors (Lipinski definition) is 1. The second-order valence-electron chi connectivity index (χ2n) is 5.48. The van der Waals surface area contributed by atoms with Gasteiger partial charge in [0.15, 0.2) is 0 Å². The molecular weight excluding hydrogens is 318 g/mol. The van der Waals surface area contributed by atoms with Crippen molar-refractivity contribution >= 4 is 33.2 Å². The zero-order chi connectivity index (χ0) is 14.7. The van der Waals surface area contributed by atoms with E-state index in [1.165, 1.54) is 5.69 Å². The second-order valence-corrected chi connectivity index (χ2v) is 6.40. The van der Waals surface area contributed by atoms with Crippen LogP contribution in [0.3, 0.4) is 0 Å². The number of benzene rings is 1. The van der Waals surface area contributed by atoms with Gasteiger partial charge >= 0.3 is 0 Å². The first kappa shape index (κ1) is 15.2. The third-order valence-corrected chi connectivity index (χ3v) is 4.23. The molecule has 2 rings (SSSR count). The number of anilines is 2. The number of hydrogen-bond acceptors (Lipinski definition) is 3. The molecule has 1 heterocycles. The standard InChI is InChI=1S/C15H22BrN3O/c1-11(20)19-8-6-13(7-9-19)17-14-10-12(16)4-5-15(14)18(2)3/h4-5,10,13,17H,6-9H2,1-3H3. The number of nitrogens with zero attached hydrogens (tertiary/aromatic N) is 2. The van der Waals surface area contributed by atoms with Gasteiger partial charge in [-0.25, -0.2) is 0 Å². The molecule has 0 spiro atoms. The molecule has 1 aromatic carbocycles. The molecule has 110 valence electrons. The van der Waals surface area contributed by atoms with Crippen molar-refractivity contribution in [3.8, 4) is 0 Å². The van der Waals surface area contributed by atoms with E-state index in [2.05, 4.69) is 44.3 Å². The van der Waals surface area contributed by atoms with Crippen LogP contribution in [0, 0.1) is 0 Å². The van der Waals surface area contributed by atoms with Gasteiger partial charge in [0.2, 0.25) is 5.91 Å². The van der Waals surface area contributed by atoms with Gasteiger partial charge in [-0.1, -0.05) is 15.9 Å². The second kappa shape index (κ2) is 6.48. The van der Waals surface area contributed by atoms with Gasteiger partial charge in [-0.2, -0.15) is 0 Å². The summed E-state index contributed by atoms with van der Waals surface area (Å²) >= 11 is 3.53. The van der Waals surface area contributed by atoms with E-state index in [0.717, 1.165) is 36.1 Å². The highest BCUT2D eigenvalue weighted by Crippen LogP contribution is 2.29. The fraction of sp³-hybridized carbons (Fsp3) is 0.533. The van der Waals surface area contributed by atoms with E-state index in [-0.39, 0.29) is 5.91 Å². The lowest BCUT2D eigenvalue weighted by atomic mass is 10.0.